The molecule has 1 aromatic heterocycles. The standard InChI is InChI=1S/C17H25NO2S2/c1-2-16(21-7-1)9-18-12-17(13-18)8-15(11-22-17)20-10-14-3-5-19-6-4-14/h1-2,7,14-15H,3-6,8-13H2/t15-/m0/s1. The minimum absolute atomic E-state index is 0.483. The average Bonchev–Trinajstić information content (AvgIpc) is 3.16. The molecule has 4 heterocycles. The van der Waals surface area contributed by atoms with Gasteiger partial charge in [-0.1, -0.05) is 6.07 Å². The summed E-state index contributed by atoms with van der Waals surface area (Å²) >= 11 is 4.03. The smallest absolute Gasteiger partial charge is 0.0680 e. The summed E-state index contributed by atoms with van der Waals surface area (Å²) in [5, 5.41) is 2.18. The van der Waals surface area contributed by atoms with Crippen LogP contribution in [-0.4, -0.2) is 54.4 Å². The second-order valence-electron chi connectivity index (χ2n) is 6.93. The van der Waals surface area contributed by atoms with Crippen LogP contribution in [0.3, 0.4) is 0 Å². The van der Waals surface area contributed by atoms with Crippen LogP contribution in [0.2, 0.25) is 0 Å². The number of hydrogen-bond acceptors (Lipinski definition) is 5. The van der Waals surface area contributed by atoms with Crippen molar-refractivity contribution >= 4 is 23.1 Å². The van der Waals surface area contributed by atoms with Gasteiger partial charge in [0.25, 0.3) is 0 Å². The maximum Gasteiger partial charge on any atom is 0.0680 e. The first-order chi connectivity index (χ1) is 10.8. The van der Waals surface area contributed by atoms with Crippen LogP contribution in [0.1, 0.15) is 24.1 Å². The van der Waals surface area contributed by atoms with Crippen LogP contribution in [0, 0.1) is 5.92 Å². The number of hydrogen-bond donors (Lipinski definition) is 0. The first-order valence-corrected chi connectivity index (χ1v) is 10.3. The van der Waals surface area contributed by atoms with E-state index in [1.807, 2.05) is 11.3 Å². The third-order valence-corrected chi connectivity index (χ3v) is 7.50. The number of rotatable bonds is 5. The summed E-state index contributed by atoms with van der Waals surface area (Å²) in [4.78, 5) is 4.07. The van der Waals surface area contributed by atoms with Gasteiger partial charge in [0.05, 0.1) is 6.10 Å². The zero-order valence-corrected chi connectivity index (χ0v) is 14.7. The molecule has 0 amide bonds. The molecule has 0 saturated carbocycles. The van der Waals surface area contributed by atoms with Crippen LogP contribution in [0.5, 0.6) is 0 Å². The van der Waals surface area contributed by atoms with Crippen molar-refractivity contribution in [3.8, 4) is 0 Å². The Kier molecular flexibility index (Phi) is 4.79. The van der Waals surface area contributed by atoms with Crippen LogP contribution >= 0.6 is 23.1 Å². The predicted octanol–water partition coefficient (Wildman–Crippen LogP) is 3.25. The quantitative estimate of drug-likeness (QED) is 0.821. The molecule has 22 heavy (non-hydrogen) atoms. The third-order valence-electron chi connectivity index (χ3n) is 5.07. The Morgan fingerprint density at radius 3 is 2.95 bits per heavy atom. The van der Waals surface area contributed by atoms with Crippen LogP contribution in [0.25, 0.3) is 0 Å². The molecule has 1 aromatic rings. The summed E-state index contributed by atoms with van der Waals surface area (Å²) in [5.74, 6) is 1.92. The number of thiophene rings is 1. The van der Waals surface area contributed by atoms with E-state index in [4.69, 9.17) is 9.47 Å². The highest BCUT2D eigenvalue weighted by Gasteiger charge is 2.49. The summed E-state index contributed by atoms with van der Waals surface area (Å²) in [6.45, 7) is 6.42. The molecule has 1 atom stereocenters. The predicted molar refractivity (Wildman–Crippen MR) is 92.7 cm³/mol. The molecule has 0 radical (unpaired) electrons. The van der Waals surface area contributed by atoms with Crippen molar-refractivity contribution in [1.29, 1.82) is 0 Å². The van der Waals surface area contributed by atoms with Crippen molar-refractivity contribution in [2.75, 3.05) is 38.7 Å². The lowest BCUT2D eigenvalue weighted by Gasteiger charge is -2.47. The Morgan fingerprint density at radius 2 is 2.18 bits per heavy atom. The molecule has 3 aliphatic heterocycles. The van der Waals surface area contributed by atoms with Crippen LogP contribution in [-0.2, 0) is 16.0 Å². The van der Waals surface area contributed by atoms with Gasteiger partial charge in [-0.15, -0.1) is 23.1 Å². The van der Waals surface area contributed by atoms with Crippen molar-refractivity contribution in [3.05, 3.63) is 22.4 Å². The molecule has 1 spiro atoms. The second-order valence-corrected chi connectivity index (χ2v) is 9.45. The monoisotopic (exact) mass is 339 g/mol. The summed E-state index contributed by atoms with van der Waals surface area (Å²) < 4.78 is 12.1. The zero-order chi connectivity index (χ0) is 14.8. The molecular formula is C17H25NO2S2. The lowest BCUT2D eigenvalue weighted by atomic mass is 9.93. The van der Waals surface area contributed by atoms with E-state index >= 15 is 0 Å². The Hall–Kier alpha value is -0.0700. The van der Waals surface area contributed by atoms with E-state index in [0.29, 0.717) is 10.9 Å². The minimum Gasteiger partial charge on any atom is -0.381 e. The maximum absolute atomic E-state index is 6.22. The molecule has 0 N–H and O–H groups in total. The van der Waals surface area contributed by atoms with Gasteiger partial charge in [0, 0.05) is 54.8 Å². The van der Waals surface area contributed by atoms with Crippen LogP contribution in [0.15, 0.2) is 17.5 Å². The zero-order valence-electron chi connectivity index (χ0n) is 13.0. The van der Waals surface area contributed by atoms with Gasteiger partial charge >= 0.3 is 0 Å². The van der Waals surface area contributed by atoms with Gasteiger partial charge in [0.2, 0.25) is 0 Å². The van der Waals surface area contributed by atoms with Gasteiger partial charge in [-0.25, -0.2) is 0 Å². The highest BCUT2D eigenvalue weighted by Crippen LogP contribution is 2.46. The molecule has 0 bridgehead atoms. The van der Waals surface area contributed by atoms with E-state index in [1.165, 1.54) is 43.0 Å². The van der Waals surface area contributed by atoms with Gasteiger partial charge in [0.15, 0.2) is 0 Å². The fourth-order valence-electron chi connectivity index (χ4n) is 3.82. The van der Waals surface area contributed by atoms with Gasteiger partial charge < -0.3 is 9.47 Å². The number of likely N-dealkylation sites (tertiary alicyclic amines) is 1. The summed E-state index contributed by atoms with van der Waals surface area (Å²) in [7, 11) is 0. The SMILES string of the molecule is c1csc(CN2CC3(C[C@H](OCC4CCOCC4)CS3)C2)c1. The van der Waals surface area contributed by atoms with Crippen molar-refractivity contribution in [2.24, 2.45) is 5.92 Å². The van der Waals surface area contributed by atoms with E-state index in [1.54, 1.807) is 0 Å². The number of nitrogens with zero attached hydrogens (tertiary/aromatic N) is 1. The molecule has 3 fully saturated rings. The largest absolute Gasteiger partial charge is 0.381 e. The maximum atomic E-state index is 6.22. The lowest BCUT2D eigenvalue weighted by Crippen LogP contribution is -2.58. The van der Waals surface area contributed by atoms with Gasteiger partial charge in [-0.3, -0.25) is 4.90 Å². The molecule has 122 valence electrons. The van der Waals surface area contributed by atoms with Crippen molar-refractivity contribution in [3.63, 3.8) is 0 Å². The van der Waals surface area contributed by atoms with E-state index in [9.17, 15) is 0 Å². The fourth-order valence-corrected chi connectivity index (χ4v) is 6.17. The van der Waals surface area contributed by atoms with Gasteiger partial charge in [0.1, 0.15) is 0 Å². The van der Waals surface area contributed by atoms with E-state index in [-0.39, 0.29) is 0 Å². The van der Waals surface area contributed by atoms with Gasteiger partial charge in [-0.05, 0) is 36.6 Å². The Balaban J connectivity index is 1.18. The average molecular weight is 340 g/mol. The topological polar surface area (TPSA) is 21.7 Å². The van der Waals surface area contributed by atoms with Crippen molar-refractivity contribution < 1.29 is 9.47 Å². The van der Waals surface area contributed by atoms with Gasteiger partial charge in [-0.2, -0.15) is 0 Å². The summed E-state index contributed by atoms with van der Waals surface area (Å²) in [6, 6.07) is 4.40. The Labute approximate surface area is 141 Å². The molecule has 0 unspecified atom stereocenters. The van der Waals surface area contributed by atoms with Crippen LogP contribution in [0.4, 0.5) is 0 Å². The first kappa shape index (κ1) is 15.5. The Bertz CT molecular complexity index is 467. The minimum atomic E-state index is 0.483. The first-order valence-electron chi connectivity index (χ1n) is 8.39. The molecule has 3 nitrogen and oxygen atoms in total. The summed E-state index contributed by atoms with van der Waals surface area (Å²) in [5.41, 5.74) is 0. The molecular weight excluding hydrogens is 314 g/mol. The second kappa shape index (κ2) is 6.81. The molecule has 5 heteroatoms. The highest BCUT2D eigenvalue weighted by molar-refractivity contribution is 8.01. The lowest BCUT2D eigenvalue weighted by molar-refractivity contribution is -0.0132. The van der Waals surface area contributed by atoms with Crippen molar-refractivity contribution in [2.45, 2.75) is 36.7 Å². The highest BCUT2D eigenvalue weighted by atomic mass is 32.2. The Morgan fingerprint density at radius 1 is 1.32 bits per heavy atom. The molecule has 0 aromatic carbocycles. The van der Waals surface area contributed by atoms with E-state index in [2.05, 4.69) is 34.2 Å². The normalized spacial score (nSPS) is 29.0. The number of thioether (sulfide) groups is 1. The van der Waals surface area contributed by atoms with E-state index < -0.39 is 0 Å². The number of ether oxygens (including phenoxy) is 2. The fraction of sp³-hybridized carbons (Fsp3) is 0.765. The molecule has 0 aliphatic carbocycles. The molecule has 4 rings (SSSR count). The summed E-state index contributed by atoms with van der Waals surface area (Å²) in [6.07, 6.45) is 4.10. The third kappa shape index (κ3) is 3.54. The molecule has 3 saturated heterocycles. The van der Waals surface area contributed by atoms with E-state index in [0.717, 1.165) is 32.3 Å². The van der Waals surface area contributed by atoms with Crippen molar-refractivity contribution in [1.82, 2.24) is 4.90 Å². The van der Waals surface area contributed by atoms with Crippen LogP contribution < -0.4 is 0 Å². The molecule has 3 aliphatic rings.